The van der Waals surface area contributed by atoms with Crippen molar-refractivity contribution in [2.45, 2.75) is 33.3 Å². The SMILES string of the molecule is CCOCc1nc(NC)cc(NCC2(C)CC2)n1. The summed E-state index contributed by atoms with van der Waals surface area (Å²) in [5, 5.41) is 6.44. The van der Waals surface area contributed by atoms with Crippen LogP contribution in [0.15, 0.2) is 6.07 Å². The minimum atomic E-state index is 0.456. The van der Waals surface area contributed by atoms with Crippen molar-refractivity contribution in [1.29, 1.82) is 0 Å². The molecule has 0 saturated heterocycles. The zero-order chi connectivity index (χ0) is 13.0. The predicted molar refractivity (Wildman–Crippen MR) is 72.7 cm³/mol. The monoisotopic (exact) mass is 250 g/mol. The molecule has 100 valence electrons. The molecule has 0 aliphatic heterocycles. The zero-order valence-electron chi connectivity index (χ0n) is 11.4. The van der Waals surface area contributed by atoms with Crippen molar-refractivity contribution in [1.82, 2.24) is 9.97 Å². The second-order valence-electron chi connectivity index (χ2n) is 5.11. The molecular weight excluding hydrogens is 228 g/mol. The van der Waals surface area contributed by atoms with Gasteiger partial charge in [-0.3, -0.25) is 0 Å². The van der Waals surface area contributed by atoms with Gasteiger partial charge in [-0.15, -0.1) is 0 Å². The fourth-order valence-corrected chi connectivity index (χ4v) is 1.67. The van der Waals surface area contributed by atoms with Crippen LogP contribution >= 0.6 is 0 Å². The lowest BCUT2D eigenvalue weighted by Gasteiger charge is -2.12. The molecule has 1 aliphatic rings. The van der Waals surface area contributed by atoms with E-state index in [1.165, 1.54) is 12.8 Å². The van der Waals surface area contributed by atoms with E-state index in [1.807, 2.05) is 20.0 Å². The van der Waals surface area contributed by atoms with Gasteiger partial charge in [-0.05, 0) is 25.2 Å². The molecule has 1 saturated carbocycles. The van der Waals surface area contributed by atoms with Crippen molar-refractivity contribution in [3.05, 3.63) is 11.9 Å². The number of hydrogen-bond acceptors (Lipinski definition) is 5. The van der Waals surface area contributed by atoms with Crippen LogP contribution in [-0.4, -0.2) is 30.2 Å². The van der Waals surface area contributed by atoms with Gasteiger partial charge in [-0.2, -0.15) is 0 Å². The minimum absolute atomic E-state index is 0.456. The van der Waals surface area contributed by atoms with Crippen LogP contribution in [0.2, 0.25) is 0 Å². The molecule has 5 heteroatoms. The Balaban J connectivity index is 2.02. The Morgan fingerprint density at radius 1 is 1.33 bits per heavy atom. The van der Waals surface area contributed by atoms with Gasteiger partial charge in [-0.1, -0.05) is 6.92 Å². The Morgan fingerprint density at radius 3 is 2.67 bits per heavy atom. The van der Waals surface area contributed by atoms with Crippen LogP contribution in [-0.2, 0) is 11.3 Å². The van der Waals surface area contributed by atoms with E-state index in [2.05, 4.69) is 27.5 Å². The van der Waals surface area contributed by atoms with E-state index in [0.29, 0.717) is 24.5 Å². The van der Waals surface area contributed by atoms with Crippen molar-refractivity contribution < 1.29 is 4.74 Å². The third kappa shape index (κ3) is 3.57. The molecule has 0 spiro atoms. The molecule has 1 aromatic rings. The van der Waals surface area contributed by atoms with Gasteiger partial charge in [0.05, 0.1) is 0 Å². The van der Waals surface area contributed by atoms with Gasteiger partial charge in [-0.25, -0.2) is 9.97 Å². The van der Waals surface area contributed by atoms with E-state index < -0.39 is 0 Å². The van der Waals surface area contributed by atoms with Crippen LogP contribution in [0.1, 0.15) is 32.5 Å². The fourth-order valence-electron chi connectivity index (χ4n) is 1.67. The second-order valence-corrected chi connectivity index (χ2v) is 5.11. The maximum Gasteiger partial charge on any atom is 0.158 e. The number of ether oxygens (including phenoxy) is 1. The Bertz CT molecular complexity index is 404. The Morgan fingerprint density at radius 2 is 2.06 bits per heavy atom. The van der Waals surface area contributed by atoms with Crippen LogP contribution in [0.4, 0.5) is 11.6 Å². The van der Waals surface area contributed by atoms with E-state index in [1.54, 1.807) is 0 Å². The van der Waals surface area contributed by atoms with Crippen molar-refractivity contribution in [2.75, 3.05) is 30.8 Å². The molecule has 0 aromatic carbocycles. The predicted octanol–water partition coefficient (Wildman–Crippen LogP) is 2.27. The van der Waals surface area contributed by atoms with Gasteiger partial charge >= 0.3 is 0 Å². The summed E-state index contributed by atoms with van der Waals surface area (Å²) in [6, 6.07) is 1.93. The van der Waals surface area contributed by atoms with Crippen LogP contribution < -0.4 is 10.6 Å². The minimum Gasteiger partial charge on any atom is -0.374 e. The van der Waals surface area contributed by atoms with E-state index in [9.17, 15) is 0 Å². The number of anilines is 2. The third-order valence-electron chi connectivity index (χ3n) is 3.26. The van der Waals surface area contributed by atoms with Crippen LogP contribution in [0, 0.1) is 5.41 Å². The first-order valence-corrected chi connectivity index (χ1v) is 6.52. The largest absolute Gasteiger partial charge is 0.374 e. The zero-order valence-corrected chi connectivity index (χ0v) is 11.4. The van der Waals surface area contributed by atoms with Crippen molar-refractivity contribution in [3.63, 3.8) is 0 Å². The first-order valence-electron chi connectivity index (χ1n) is 6.52. The van der Waals surface area contributed by atoms with E-state index in [4.69, 9.17) is 4.74 Å². The number of hydrogen-bond donors (Lipinski definition) is 2. The molecule has 1 aliphatic carbocycles. The highest BCUT2D eigenvalue weighted by molar-refractivity contribution is 5.47. The number of rotatable bonds is 7. The molecule has 0 amide bonds. The summed E-state index contributed by atoms with van der Waals surface area (Å²) in [5.74, 6) is 2.41. The van der Waals surface area contributed by atoms with Crippen LogP contribution in [0.3, 0.4) is 0 Å². The van der Waals surface area contributed by atoms with Crippen molar-refractivity contribution in [3.8, 4) is 0 Å². The average Bonchev–Trinajstić information content (AvgIpc) is 3.12. The van der Waals surface area contributed by atoms with E-state index in [0.717, 1.165) is 18.2 Å². The molecule has 0 radical (unpaired) electrons. The summed E-state index contributed by atoms with van der Waals surface area (Å²) in [4.78, 5) is 8.82. The molecule has 1 aromatic heterocycles. The molecule has 2 rings (SSSR count). The molecule has 0 bridgehead atoms. The lowest BCUT2D eigenvalue weighted by Crippen LogP contribution is -2.14. The summed E-state index contributed by atoms with van der Waals surface area (Å²) in [6.07, 6.45) is 2.60. The van der Waals surface area contributed by atoms with Gasteiger partial charge in [0.25, 0.3) is 0 Å². The summed E-state index contributed by atoms with van der Waals surface area (Å²) >= 11 is 0. The Hall–Kier alpha value is -1.36. The molecule has 5 nitrogen and oxygen atoms in total. The molecule has 0 atom stereocenters. The van der Waals surface area contributed by atoms with Gasteiger partial charge in [0, 0.05) is 26.3 Å². The van der Waals surface area contributed by atoms with Gasteiger partial charge in [0.15, 0.2) is 5.82 Å². The van der Waals surface area contributed by atoms with E-state index in [-0.39, 0.29) is 0 Å². The molecule has 0 unspecified atom stereocenters. The number of nitrogens with one attached hydrogen (secondary N) is 2. The number of nitrogens with zero attached hydrogens (tertiary/aromatic N) is 2. The maximum atomic E-state index is 5.35. The van der Waals surface area contributed by atoms with Crippen molar-refractivity contribution >= 4 is 11.6 Å². The fraction of sp³-hybridized carbons (Fsp3) is 0.692. The Kier molecular flexibility index (Phi) is 4.01. The highest BCUT2D eigenvalue weighted by Crippen LogP contribution is 2.44. The van der Waals surface area contributed by atoms with Gasteiger partial charge in [0.2, 0.25) is 0 Å². The maximum absolute atomic E-state index is 5.35. The highest BCUT2D eigenvalue weighted by atomic mass is 16.5. The van der Waals surface area contributed by atoms with Crippen LogP contribution in [0.25, 0.3) is 0 Å². The lowest BCUT2D eigenvalue weighted by molar-refractivity contribution is 0.128. The Labute approximate surface area is 108 Å². The number of aromatic nitrogens is 2. The summed E-state index contributed by atoms with van der Waals surface area (Å²) in [7, 11) is 1.86. The van der Waals surface area contributed by atoms with Crippen LogP contribution in [0.5, 0.6) is 0 Å². The molecular formula is C13H22N4O. The molecule has 1 fully saturated rings. The first kappa shape index (κ1) is 13.1. The summed E-state index contributed by atoms with van der Waals surface area (Å²) < 4.78 is 5.35. The molecule has 1 heterocycles. The molecule has 2 N–H and O–H groups in total. The summed E-state index contributed by atoms with van der Waals surface area (Å²) in [5.41, 5.74) is 0.463. The standard InChI is InChI=1S/C13H22N4O/c1-4-18-8-12-16-10(14-3)7-11(17-12)15-9-13(2)5-6-13/h7H,4-6,8-9H2,1-3H3,(H2,14,15,16,17). The summed E-state index contributed by atoms with van der Waals surface area (Å²) in [6.45, 7) is 6.36. The van der Waals surface area contributed by atoms with E-state index >= 15 is 0 Å². The molecule has 18 heavy (non-hydrogen) atoms. The van der Waals surface area contributed by atoms with Gasteiger partial charge in [0.1, 0.15) is 18.2 Å². The smallest absolute Gasteiger partial charge is 0.158 e. The normalized spacial score (nSPS) is 16.4. The quantitative estimate of drug-likeness (QED) is 0.777. The highest BCUT2D eigenvalue weighted by Gasteiger charge is 2.36. The first-order chi connectivity index (χ1) is 8.65. The topological polar surface area (TPSA) is 59.1 Å². The van der Waals surface area contributed by atoms with Crippen molar-refractivity contribution in [2.24, 2.45) is 5.41 Å². The third-order valence-corrected chi connectivity index (χ3v) is 3.26. The average molecular weight is 250 g/mol. The second kappa shape index (κ2) is 5.52. The lowest BCUT2D eigenvalue weighted by atomic mass is 10.1. The van der Waals surface area contributed by atoms with Gasteiger partial charge < -0.3 is 15.4 Å².